The number of hydrogen-bond donors (Lipinski definition) is 0. The number of carbonyl (C=O) groups excluding carboxylic acids is 1. The van der Waals surface area contributed by atoms with Crippen molar-refractivity contribution >= 4 is 5.97 Å². The van der Waals surface area contributed by atoms with Crippen LogP contribution in [0.4, 0.5) is 0 Å². The average molecular weight is 236 g/mol. The third-order valence-electron chi connectivity index (χ3n) is 4.71. The van der Waals surface area contributed by atoms with Gasteiger partial charge in [-0.1, -0.05) is 19.9 Å². The second-order valence-electron chi connectivity index (χ2n) is 5.94. The zero-order valence-corrected chi connectivity index (χ0v) is 11.1. The lowest BCUT2D eigenvalue weighted by atomic mass is 9.89. The third-order valence-corrected chi connectivity index (χ3v) is 4.71. The van der Waals surface area contributed by atoms with Crippen molar-refractivity contribution in [3.8, 4) is 0 Å². The predicted octanol–water partition coefficient (Wildman–Crippen LogP) is 3.57. The van der Waals surface area contributed by atoms with Gasteiger partial charge < -0.3 is 4.74 Å². The summed E-state index contributed by atoms with van der Waals surface area (Å²) in [6.45, 7) is 8.26. The van der Waals surface area contributed by atoms with Crippen molar-refractivity contribution < 1.29 is 9.53 Å². The first-order valence-corrected chi connectivity index (χ1v) is 6.92. The van der Waals surface area contributed by atoms with E-state index in [1.54, 1.807) is 6.92 Å². The van der Waals surface area contributed by atoms with Crippen LogP contribution in [0.1, 0.15) is 46.0 Å². The normalized spacial score (nSPS) is 35.6. The molecule has 2 aliphatic carbocycles. The van der Waals surface area contributed by atoms with Crippen molar-refractivity contribution in [2.75, 3.05) is 6.61 Å². The molecule has 0 aromatic rings. The molecule has 0 bridgehead atoms. The van der Waals surface area contributed by atoms with Gasteiger partial charge >= 0.3 is 5.97 Å². The summed E-state index contributed by atoms with van der Waals surface area (Å²) in [6, 6.07) is 0. The maximum Gasteiger partial charge on any atom is 0.333 e. The minimum absolute atomic E-state index is 0.237. The summed E-state index contributed by atoms with van der Waals surface area (Å²) in [4.78, 5) is 11.3. The minimum Gasteiger partial charge on any atom is -0.462 e. The van der Waals surface area contributed by atoms with E-state index in [0.717, 1.165) is 30.1 Å². The van der Waals surface area contributed by atoms with E-state index < -0.39 is 0 Å². The predicted molar refractivity (Wildman–Crippen MR) is 68.5 cm³/mol. The van der Waals surface area contributed by atoms with E-state index in [0.29, 0.717) is 12.2 Å². The van der Waals surface area contributed by atoms with Gasteiger partial charge in [-0.2, -0.15) is 0 Å². The van der Waals surface area contributed by atoms with Gasteiger partial charge in [-0.05, 0) is 56.3 Å². The first kappa shape index (κ1) is 12.7. The fourth-order valence-electron chi connectivity index (χ4n) is 3.89. The molecule has 0 saturated heterocycles. The van der Waals surface area contributed by atoms with E-state index in [1.165, 1.54) is 25.7 Å². The highest BCUT2D eigenvalue weighted by Gasteiger charge is 2.42. The summed E-state index contributed by atoms with van der Waals surface area (Å²) in [5, 5.41) is 0. The Kier molecular flexibility index (Phi) is 3.90. The first-order valence-electron chi connectivity index (χ1n) is 6.92. The second-order valence-corrected chi connectivity index (χ2v) is 5.94. The minimum atomic E-state index is -0.237. The molecule has 2 aliphatic rings. The van der Waals surface area contributed by atoms with E-state index in [2.05, 4.69) is 13.5 Å². The number of rotatable bonds is 4. The lowest BCUT2D eigenvalue weighted by Crippen LogP contribution is -2.14. The highest BCUT2D eigenvalue weighted by molar-refractivity contribution is 5.86. The Labute approximate surface area is 104 Å². The van der Waals surface area contributed by atoms with Gasteiger partial charge in [0.05, 0.1) is 6.61 Å². The van der Waals surface area contributed by atoms with Gasteiger partial charge in [0.25, 0.3) is 0 Å². The quantitative estimate of drug-likeness (QED) is 0.551. The van der Waals surface area contributed by atoms with Crippen LogP contribution in [0.15, 0.2) is 12.2 Å². The molecule has 2 heteroatoms. The van der Waals surface area contributed by atoms with Crippen LogP contribution in [0.3, 0.4) is 0 Å². The topological polar surface area (TPSA) is 26.3 Å². The Morgan fingerprint density at radius 3 is 2.76 bits per heavy atom. The summed E-state index contributed by atoms with van der Waals surface area (Å²) in [6.07, 6.45) is 6.61. The van der Waals surface area contributed by atoms with Gasteiger partial charge in [-0.15, -0.1) is 0 Å². The summed E-state index contributed by atoms with van der Waals surface area (Å²) in [7, 11) is 0. The molecule has 2 fully saturated rings. The Bertz CT molecular complexity index is 308. The number of fused-ring (bicyclic) bond motifs is 1. The van der Waals surface area contributed by atoms with Crippen molar-refractivity contribution in [2.45, 2.75) is 46.0 Å². The molecule has 2 saturated carbocycles. The van der Waals surface area contributed by atoms with Gasteiger partial charge in [0.15, 0.2) is 0 Å². The zero-order valence-electron chi connectivity index (χ0n) is 11.1. The SMILES string of the molecule is C=C(C)C(=O)OCCC1CC(C)C2CCCC12. The van der Waals surface area contributed by atoms with E-state index in [1.807, 2.05) is 0 Å². The fourth-order valence-corrected chi connectivity index (χ4v) is 3.89. The molecule has 96 valence electrons. The highest BCUT2D eigenvalue weighted by Crippen LogP contribution is 2.51. The molecule has 17 heavy (non-hydrogen) atoms. The van der Waals surface area contributed by atoms with Crippen LogP contribution in [-0.2, 0) is 9.53 Å². The van der Waals surface area contributed by atoms with E-state index >= 15 is 0 Å². The number of carbonyl (C=O) groups is 1. The monoisotopic (exact) mass is 236 g/mol. The molecule has 0 aromatic carbocycles. The molecule has 0 aliphatic heterocycles. The van der Waals surface area contributed by atoms with Crippen molar-refractivity contribution in [1.82, 2.24) is 0 Å². The molecule has 2 rings (SSSR count). The molecule has 2 nitrogen and oxygen atoms in total. The molecule has 0 spiro atoms. The van der Waals surface area contributed by atoms with Gasteiger partial charge in [-0.25, -0.2) is 4.79 Å². The second kappa shape index (κ2) is 5.24. The summed E-state index contributed by atoms with van der Waals surface area (Å²) < 4.78 is 5.21. The molecule has 0 heterocycles. The van der Waals surface area contributed by atoms with Gasteiger partial charge in [0.1, 0.15) is 0 Å². The van der Waals surface area contributed by atoms with Crippen molar-refractivity contribution in [3.05, 3.63) is 12.2 Å². The van der Waals surface area contributed by atoms with Gasteiger partial charge in [-0.3, -0.25) is 0 Å². The molecule has 0 amide bonds. The Morgan fingerprint density at radius 2 is 2.06 bits per heavy atom. The fraction of sp³-hybridized carbons (Fsp3) is 0.800. The molecule has 0 N–H and O–H groups in total. The molecular weight excluding hydrogens is 212 g/mol. The molecule has 0 aromatic heterocycles. The smallest absolute Gasteiger partial charge is 0.333 e. The number of hydrogen-bond acceptors (Lipinski definition) is 2. The third kappa shape index (κ3) is 2.72. The summed E-state index contributed by atoms with van der Waals surface area (Å²) in [5.41, 5.74) is 0.503. The first-order chi connectivity index (χ1) is 8.09. The maximum absolute atomic E-state index is 11.3. The van der Waals surface area contributed by atoms with Crippen LogP contribution in [0, 0.1) is 23.7 Å². The number of ether oxygens (including phenoxy) is 1. The summed E-state index contributed by atoms with van der Waals surface area (Å²) in [5.74, 6) is 3.30. The lowest BCUT2D eigenvalue weighted by Gasteiger charge is -2.18. The molecule has 0 radical (unpaired) electrons. The molecule has 4 unspecified atom stereocenters. The van der Waals surface area contributed by atoms with Crippen LogP contribution in [-0.4, -0.2) is 12.6 Å². The highest BCUT2D eigenvalue weighted by atomic mass is 16.5. The molecular formula is C15H24O2. The average Bonchev–Trinajstić information content (AvgIpc) is 2.84. The largest absolute Gasteiger partial charge is 0.462 e. The van der Waals surface area contributed by atoms with Crippen LogP contribution in [0.2, 0.25) is 0 Å². The van der Waals surface area contributed by atoms with Crippen molar-refractivity contribution in [2.24, 2.45) is 23.7 Å². The Morgan fingerprint density at radius 1 is 1.35 bits per heavy atom. The van der Waals surface area contributed by atoms with Crippen molar-refractivity contribution in [1.29, 1.82) is 0 Å². The van der Waals surface area contributed by atoms with E-state index in [4.69, 9.17) is 4.74 Å². The van der Waals surface area contributed by atoms with E-state index in [-0.39, 0.29) is 5.97 Å². The van der Waals surface area contributed by atoms with Crippen molar-refractivity contribution in [3.63, 3.8) is 0 Å². The van der Waals surface area contributed by atoms with Crippen LogP contribution < -0.4 is 0 Å². The molecule has 4 atom stereocenters. The standard InChI is InChI=1S/C15H24O2/c1-10(2)15(16)17-8-7-12-9-11(3)13-5-4-6-14(12)13/h11-14H,1,4-9H2,2-3H3. The van der Waals surface area contributed by atoms with Gasteiger partial charge in [0.2, 0.25) is 0 Å². The Hall–Kier alpha value is -0.790. The van der Waals surface area contributed by atoms with Crippen LogP contribution in [0.5, 0.6) is 0 Å². The Balaban J connectivity index is 1.76. The van der Waals surface area contributed by atoms with Crippen LogP contribution in [0.25, 0.3) is 0 Å². The summed E-state index contributed by atoms with van der Waals surface area (Å²) >= 11 is 0. The lowest BCUT2D eigenvalue weighted by molar-refractivity contribution is -0.139. The van der Waals surface area contributed by atoms with E-state index in [9.17, 15) is 4.79 Å². The van der Waals surface area contributed by atoms with Gasteiger partial charge in [0, 0.05) is 5.57 Å². The maximum atomic E-state index is 11.3. The zero-order chi connectivity index (χ0) is 12.4. The number of esters is 1. The van der Waals surface area contributed by atoms with Crippen LogP contribution >= 0.6 is 0 Å².